The Kier molecular flexibility index (Phi) is 6.09. The summed E-state index contributed by atoms with van der Waals surface area (Å²) in [6, 6.07) is 42.8. The molecule has 5 aromatic carbocycles. The van der Waals surface area contributed by atoms with E-state index in [0.717, 1.165) is 28.6 Å². The number of nitrogens with zero attached hydrogens (tertiary/aromatic N) is 1. The number of rotatable bonds is 5. The first kappa shape index (κ1) is 23.8. The molecule has 2 heteroatoms. The Hall–Kier alpha value is -4.56. The van der Waals surface area contributed by atoms with Gasteiger partial charge in [0.25, 0.3) is 0 Å². The van der Waals surface area contributed by atoms with E-state index in [1.54, 1.807) is 0 Å². The van der Waals surface area contributed by atoms with Crippen molar-refractivity contribution < 1.29 is 4.74 Å². The molecule has 0 aliphatic carbocycles. The monoisotopic (exact) mass is 493 g/mol. The van der Waals surface area contributed by atoms with Crippen LogP contribution in [0.25, 0.3) is 12.2 Å². The molecule has 1 aliphatic heterocycles. The number of aryl methyl sites for hydroxylation is 1. The van der Waals surface area contributed by atoms with Gasteiger partial charge in [0.15, 0.2) is 0 Å². The van der Waals surface area contributed by atoms with E-state index in [-0.39, 0.29) is 5.41 Å². The molecule has 186 valence electrons. The number of hydrogen-bond donors (Lipinski definition) is 0. The highest BCUT2D eigenvalue weighted by atomic mass is 16.5. The number of anilines is 3. The largest absolute Gasteiger partial charge is 0.457 e. The Balaban J connectivity index is 1.37. The van der Waals surface area contributed by atoms with Gasteiger partial charge in [-0.3, -0.25) is 0 Å². The summed E-state index contributed by atoms with van der Waals surface area (Å²) in [7, 11) is 0. The highest BCUT2D eigenvalue weighted by Gasteiger charge is 2.34. The predicted molar refractivity (Wildman–Crippen MR) is 160 cm³/mol. The molecule has 0 fully saturated rings. The molecular weight excluding hydrogens is 462 g/mol. The van der Waals surface area contributed by atoms with E-state index >= 15 is 0 Å². The first-order valence-electron chi connectivity index (χ1n) is 13.1. The van der Waals surface area contributed by atoms with E-state index in [0.29, 0.717) is 0 Å². The van der Waals surface area contributed by atoms with Crippen molar-refractivity contribution in [3.05, 3.63) is 149 Å². The topological polar surface area (TPSA) is 12.5 Å². The van der Waals surface area contributed by atoms with Crippen LogP contribution in [0.1, 0.15) is 41.7 Å². The van der Waals surface area contributed by atoms with Gasteiger partial charge < -0.3 is 9.64 Å². The first-order chi connectivity index (χ1) is 18.5. The van der Waals surface area contributed by atoms with Gasteiger partial charge >= 0.3 is 0 Å². The summed E-state index contributed by atoms with van der Waals surface area (Å²) in [4.78, 5) is 2.31. The zero-order valence-corrected chi connectivity index (χ0v) is 22.1. The minimum Gasteiger partial charge on any atom is -0.457 e. The number of ether oxygens (including phenoxy) is 1. The molecule has 38 heavy (non-hydrogen) atoms. The van der Waals surface area contributed by atoms with Crippen LogP contribution in [-0.2, 0) is 5.41 Å². The van der Waals surface area contributed by atoms with E-state index in [4.69, 9.17) is 4.74 Å². The SMILES string of the molecule is Cc1ccc(C=Cc2ccc(N(c3ccccc3)c3ccc4c(c3)C(C)(C)c3ccccc3O4)cc2)cc1. The average molecular weight is 494 g/mol. The summed E-state index contributed by atoms with van der Waals surface area (Å²) in [6.45, 7) is 6.66. The summed E-state index contributed by atoms with van der Waals surface area (Å²) in [5.74, 6) is 1.86. The molecular formula is C36H31NO. The Bertz CT molecular complexity index is 1600. The molecule has 0 amide bonds. The standard InChI is InChI=1S/C36H31NO/c1-26-13-15-27(16-14-26)17-18-28-19-21-30(22-20-28)37(29-9-5-4-6-10-29)31-23-24-35-33(25-31)36(2,3)32-11-7-8-12-34(32)38-35/h4-25H,1-3H3. The highest BCUT2D eigenvalue weighted by Crippen LogP contribution is 2.49. The molecule has 0 unspecified atom stereocenters. The zero-order chi connectivity index (χ0) is 26.1. The minimum atomic E-state index is -0.173. The lowest BCUT2D eigenvalue weighted by molar-refractivity contribution is 0.418. The van der Waals surface area contributed by atoms with Gasteiger partial charge in [0.05, 0.1) is 0 Å². The van der Waals surface area contributed by atoms with E-state index in [9.17, 15) is 0 Å². The minimum absolute atomic E-state index is 0.173. The molecule has 0 aromatic heterocycles. The molecule has 0 spiro atoms. The van der Waals surface area contributed by atoms with Gasteiger partial charge in [-0.05, 0) is 66.6 Å². The molecule has 0 bridgehead atoms. The molecule has 5 aromatic rings. The third-order valence-electron chi connectivity index (χ3n) is 7.39. The third-order valence-corrected chi connectivity index (χ3v) is 7.39. The lowest BCUT2D eigenvalue weighted by Gasteiger charge is -2.36. The lowest BCUT2D eigenvalue weighted by Crippen LogP contribution is -2.24. The molecule has 0 saturated carbocycles. The maximum Gasteiger partial charge on any atom is 0.131 e. The predicted octanol–water partition coefficient (Wildman–Crippen LogP) is 10.1. The third kappa shape index (κ3) is 4.50. The van der Waals surface area contributed by atoms with Crippen molar-refractivity contribution in [3.8, 4) is 11.5 Å². The van der Waals surface area contributed by atoms with Gasteiger partial charge in [-0.15, -0.1) is 0 Å². The molecule has 6 rings (SSSR count). The average Bonchev–Trinajstić information content (AvgIpc) is 2.95. The second-order valence-corrected chi connectivity index (χ2v) is 10.4. The van der Waals surface area contributed by atoms with Crippen LogP contribution in [0.15, 0.2) is 121 Å². The normalized spacial score (nSPS) is 13.4. The second kappa shape index (κ2) is 9.72. The van der Waals surface area contributed by atoms with Crippen LogP contribution in [0.4, 0.5) is 17.1 Å². The Labute approximate surface area is 225 Å². The number of benzene rings is 5. The van der Waals surface area contributed by atoms with Crippen LogP contribution in [0.2, 0.25) is 0 Å². The van der Waals surface area contributed by atoms with Gasteiger partial charge in [0, 0.05) is 33.6 Å². The van der Waals surface area contributed by atoms with Crippen LogP contribution >= 0.6 is 0 Å². The molecule has 0 radical (unpaired) electrons. The van der Waals surface area contributed by atoms with Crippen molar-refractivity contribution >= 4 is 29.2 Å². The van der Waals surface area contributed by atoms with E-state index in [1.165, 1.54) is 27.8 Å². The smallest absolute Gasteiger partial charge is 0.131 e. The van der Waals surface area contributed by atoms with Gasteiger partial charge in [-0.1, -0.05) is 104 Å². The van der Waals surface area contributed by atoms with Gasteiger partial charge in [-0.2, -0.15) is 0 Å². The fourth-order valence-corrected chi connectivity index (χ4v) is 5.20. The number of hydrogen-bond acceptors (Lipinski definition) is 2. The Morgan fingerprint density at radius 1 is 0.553 bits per heavy atom. The fraction of sp³-hybridized carbons (Fsp3) is 0.111. The van der Waals surface area contributed by atoms with Crippen LogP contribution < -0.4 is 9.64 Å². The lowest BCUT2D eigenvalue weighted by atomic mass is 9.75. The molecule has 0 atom stereocenters. The highest BCUT2D eigenvalue weighted by molar-refractivity contribution is 5.79. The molecule has 0 saturated heterocycles. The maximum atomic E-state index is 6.32. The molecule has 1 aliphatic rings. The second-order valence-electron chi connectivity index (χ2n) is 10.4. The van der Waals surface area contributed by atoms with Crippen LogP contribution in [0.3, 0.4) is 0 Å². The number of para-hydroxylation sites is 2. The van der Waals surface area contributed by atoms with Gasteiger partial charge in [-0.25, -0.2) is 0 Å². The van der Waals surface area contributed by atoms with Gasteiger partial charge in [0.2, 0.25) is 0 Å². The van der Waals surface area contributed by atoms with Crippen LogP contribution in [0.5, 0.6) is 11.5 Å². The zero-order valence-electron chi connectivity index (χ0n) is 22.1. The van der Waals surface area contributed by atoms with Gasteiger partial charge in [0.1, 0.15) is 11.5 Å². The van der Waals surface area contributed by atoms with Crippen molar-refractivity contribution in [1.29, 1.82) is 0 Å². The maximum absolute atomic E-state index is 6.32. The fourth-order valence-electron chi connectivity index (χ4n) is 5.20. The molecule has 1 heterocycles. The van der Waals surface area contributed by atoms with E-state index in [2.05, 4.69) is 153 Å². The first-order valence-corrected chi connectivity index (χ1v) is 13.1. The summed E-state index contributed by atoms with van der Waals surface area (Å²) in [5.41, 5.74) is 9.19. The summed E-state index contributed by atoms with van der Waals surface area (Å²) >= 11 is 0. The van der Waals surface area contributed by atoms with Crippen LogP contribution in [0, 0.1) is 6.92 Å². The van der Waals surface area contributed by atoms with Crippen molar-refractivity contribution in [2.75, 3.05) is 4.90 Å². The molecule has 0 N–H and O–H groups in total. The van der Waals surface area contributed by atoms with Crippen molar-refractivity contribution in [2.24, 2.45) is 0 Å². The van der Waals surface area contributed by atoms with Crippen molar-refractivity contribution in [1.82, 2.24) is 0 Å². The van der Waals surface area contributed by atoms with E-state index in [1.807, 2.05) is 6.07 Å². The Morgan fingerprint density at radius 3 is 1.82 bits per heavy atom. The van der Waals surface area contributed by atoms with E-state index < -0.39 is 0 Å². The summed E-state index contributed by atoms with van der Waals surface area (Å²) in [6.07, 6.45) is 4.32. The summed E-state index contributed by atoms with van der Waals surface area (Å²) in [5, 5.41) is 0. The van der Waals surface area contributed by atoms with Crippen LogP contribution in [-0.4, -0.2) is 0 Å². The summed E-state index contributed by atoms with van der Waals surface area (Å²) < 4.78 is 6.32. The van der Waals surface area contributed by atoms with Crippen molar-refractivity contribution in [3.63, 3.8) is 0 Å². The van der Waals surface area contributed by atoms with Crippen molar-refractivity contribution in [2.45, 2.75) is 26.2 Å². The number of fused-ring (bicyclic) bond motifs is 2. The molecule has 2 nitrogen and oxygen atoms in total. The Morgan fingerprint density at radius 2 is 1.11 bits per heavy atom. The quantitative estimate of drug-likeness (QED) is 0.226.